The van der Waals surface area contributed by atoms with E-state index in [9.17, 15) is 0 Å². The minimum absolute atomic E-state index is 0.395. The molecule has 1 rings (SSSR count). The number of unbranched alkanes of at least 4 members (excludes halogenated alkanes) is 3. The van der Waals surface area contributed by atoms with Crippen LogP contribution in [0.4, 0.5) is 0 Å². The second-order valence-electron chi connectivity index (χ2n) is 5.29. The summed E-state index contributed by atoms with van der Waals surface area (Å²) in [5, 5.41) is 3.43. The average molecular weight is 275 g/mol. The van der Waals surface area contributed by atoms with E-state index in [1.54, 1.807) is 0 Å². The monoisotopic (exact) mass is 275 g/mol. The van der Waals surface area contributed by atoms with Crippen LogP contribution >= 0.6 is 0 Å². The fraction of sp³-hybridized carbons (Fsp3) is 0.556. The van der Waals surface area contributed by atoms with Gasteiger partial charge in [-0.15, -0.1) is 6.58 Å². The Kier molecular flexibility index (Phi) is 8.05. The Morgan fingerprint density at radius 3 is 2.75 bits per heavy atom. The lowest BCUT2D eigenvalue weighted by Gasteiger charge is -2.15. The van der Waals surface area contributed by atoms with Gasteiger partial charge >= 0.3 is 0 Å². The molecule has 0 heterocycles. The first kappa shape index (κ1) is 16.8. The first-order valence-electron chi connectivity index (χ1n) is 7.76. The first-order chi connectivity index (χ1) is 9.69. The predicted molar refractivity (Wildman–Crippen MR) is 87.4 cm³/mol. The molecule has 0 bridgehead atoms. The van der Waals surface area contributed by atoms with Gasteiger partial charge in [0.15, 0.2) is 0 Å². The molecule has 0 aliphatic rings. The predicted octanol–water partition coefficient (Wildman–Crippen LogP) is 4.79. The van der Waals surface area contributed by atoms with Crippen molar-refractivity contribution >= 4 is 0 Å². The fourth-order valence-electron chi connectivity index (χ4n) is 2.28. The second kappa shape index (κ2) is 9.60. The second-order valence-corrected chi connectivity index (χ2v) is 5.29. The van der Waals surface area contributed by atoms with Crippen molar-refractivity contribution < 1.29 is 4.74 Å². The maximum absolute atomic E-state index is 5.87. The number of hydrogen-bond acceptors (Lipinski definition) is 2. The van der Waals surface area contributed by atoms with Gasteiger partial charge in [0.1, 0.15) is 5.75 Å². The van der Waals surface area contributed by atoms with E-state index in [0.29, 0.717) is 6.04 Å². The molecule has 0 spiro atoms. The third-order valence-corrected chi connectivity index (χ3v) is 3.52. The van der Waals surface area contributed by atoms with Gasteiger partial charge in [0, 0.05) is 6.04 Å². The van der Waals surface area contributed by atoms with Gasteiger partial charge in [-0.3, -0.25) is 0 Å². The summed E-state index contributed by atoms with van der Waals surface area (Å²) in [4.78, 5) is 0. The van der Waals surface area contributed by atoms with Gasteiger partial charge in [0.05, 0.1) is 6.61 Å². The van der Waals surface area contributed by atoms with Gasteiger partial charge in [-0.2, -0.15) is 0 Å². The maximum Gasteiger partial charge on any atom is 0.122 e. The molecule has 20 heavy (non-hydrogen) atoms. The van der Waals surface area contributed by atoms with Gasteiger partial charge in [-0.25, -0.2) is 0 Å². The first-order valence-corrected chi connectivity index (χ1v) is 7.76. The summed E-state index contributed by atoms with van der Waals surface area (Å²) in [6.45, 7) is 12.0. The van der Waals surface area contributed by atoms with Crippen LogP contribution in [0.1, 0.15) is 56.7 Å². The Balaban J connectivity index is 2.41. The highest BCUT2D eigenvalue weighted by Gasteiger charge is 2.06. The van der Waals surface area contributed by atoms with Crippen LogP contribution in [-0.2, 0) is 0 Å². The highest BCUT2D eigenvalue weighted by molar-refractivity contribution is 5.37. The summed E-state index contributed by atoms with van der Waals surface area (Å²) < 4.78 is 5.87. The van der Waals surface area contributed by atoms with E-state index >= 15 is 0 Å². The smallest absolute Gasteiger partial charge is 0.122 e. The van der Waals surface area contributed by atoms with E-state index in [2.05, 4.69) is 50.9 Å². The van der Waals surface area contributed by atoms with Gasteiger partial charge in [-0.1, -0.05) is 25.1 Å². The highest BCUT2D eigenvalue weighted by atomic mass is 16.5. The van der Waals surface area contributed by atoms with Gasteiger partial charge in [-0.05, 0) is 63.3 Å². The summed E-state index contributed by atoms with van der Waals surface area (Å²) in [5.74, 6) is 1.01. The van der Waals surface area contributed by atoms with Gasteiger partial charge in [0.25, 0.3) is 0 Å². The zero-order chi connectivity index (χ0) is 14.8. The minimum Gasteiger partial charge on any atom is -0.493 e. The average Bonchev–Trinajstić information content (AvgIpc) is 2.44. The molecule has 2 nitrogen and oxygen atoms in total. The Morgan fingerprint density at radius 2 is 2.10 bits per heavy atom. The number of ether oxygens (including phenoxy) is 1. The number of benzene rings is 1. The van der Waals surface area contributed by atoms with Crippen molar-refractivity contribution in [2.75, 3.05) is 13.2 Å². The quantitative estimate of drug-likeness (QED) is 0.489. The molecule has 0 fully saturated rings. The van der Waals surface area contributed by atoms with Crippen molar-refractivity contribution in [1.29, 1.82) is 0 Å². The number of rotatable bonds is 10. The summed E-state index contributed by atoms with van der Waals surface area (Å²) in [6.07, 6.45) is 6.62. The molecule has 0 aliphatic carbocycles. The molecular formula is C18H29NO. The largest absolute Gasteiger partial charge is 0.493 e. The van der Waals surface area contributed by atoms with Gasteiger partial charge < -0.3 is 10.1 Å². The standard InChI is InChI=1S/C18H29NO/c1-5-7-8-9-10-13-20-18-12-11-17(14-15(18)3)16(4)19-6-2/h5,11-12,14,16,19H,1,6-10,13H2,2-4H3. The summed E-state index contributed by atoms with van der Waals surface area (Å²) in [6, 6.07) is 6.88. The van der Waals surface area contributed by atoms with E-state index in [1.165, 1.54) is 24.0 Å². The van der Waals surface area contributed by atoms with Crippen LogP contribution in [0.2, 0.25) is 0 Å². The van der Waals surface area contributed by atoms with Crippen molar-refractivity contribution in [3.63, 3.8) is 0 Å². The molecule has 1 N–H and O–H groups in total. The molecule has 0 aromatic heterocycles. The highest BCUT2D eigenvalue weighted by Crippen LogP contribution is 2.23. The molecule has 1 aromatic carbocycles. The SMILES string of the molecule is C=CCCCCCOc1ccc(C(C)NCC)cc1C. The van der Waals surface area contributed by atoms with E-state index in [1.807, 2.05) is 6.08 Å². The Labute approximate surface area is 124 Å². The molecule has 1 aromatic rings. The normalized spacial score (nSPS) is 12.2. The maximum atomic E-state index is 5.87. The molecule has 2 heteroatoms. The molecular weight excluding hydrogens is 246 g/mol. The van der Waals surface area contributed by atoms with Crippen LogP contribution in [-0.4, -0.2) is 13.2 Å². The van der Waals surface area contributed by atoms with Crippen molar-refractivity contribution in [3.05, 3.63) is 42.0 Å². The zero-order valence-electron chi connectivity index (χ0n) is 13.2. The topological polar surface area (TPSA) is 21.3 Å². The van der Waals surface area contributed by atoms with Crippen LogP contribution in [0.15, 0.2) is 30.9 Å². The van der Waals surface area contributed by atoms with E-state index in [4.69, 9.17) is 4.74 Å². The number of aryl methyl sites for hydroxylation is 1. The molecule has 0 radical (unpaired) electrons. The molecule has 0 amide bonds. The summed E-state index contributed by atoms with van der Waals surface area (Å²) >= 11 is 0. The van der Waals surface area contributed by atoms with Crippen molar-refractivity contribution in [1.82, 2.24) is 5.32 Å². The fourth-order valence-corrected chi connectivity index (χ4v) is 2.28. The zero-order valence-corrected chi connectivity index (χ0v) is 13.2. The molecule has 0 saturated carbocycles. The minimum atomic E-state index is 0.395. The van der Waals surface area contributed by atoms with E-state index in [0.717, 1.165) is 31.7 Å². The Hall–Kier alpha value is -1.28. The third-order valence-electron chi connectivity index (χ3n) is 3.52. The van der Waals surface area contributed by atoms with Crippen LogP contribution < -0.4 is 10.1 Å². The Bertz CT molecular complexity index is 400. The van der Waals surface area contributed by atoms with E-state index in [-0.39, 0.29) is 0 Å². The van der Waals surface area contributed by atoms with Crippen LogP contribution in [0, 0.1) is 6.92 Å². The van der Waals surface area contributed by atoms with Crippen LogP contribution in [0.5, 0.6) is 5.75 Å². The van der Waals surface area contributed by atoms with Crippen LogP contribution in [0.25, 0.3) is 0 Å². The number of allylic oxidation sites excluding steroid dienone is 1. The molecule has 0 saturated heterocycles. The summed E-state index contributed by atoms with van der Waals surface area (Å²) in [5.41, 5.74) is 2.54. The van der Waals surface area contributed by atoms with Crippen LogP contribution in [0.3, 0.4) is 0 Å². The number of hydrogen-bond donors (Lipinski definition) is 1. The lowest BCUT2D eigenvalue weighted by Crippen LogP contribution is -2.17. The molecule has 1 unspecified atom stereocenters. The number of nitrogens with one attached hydrogen (secondary N) is 1. The molecule has 112 valence electrons. The molecule has 0 aliphatic heterocycles. The van der Waals surface area contributed by atoms with Crippen molar-refractivity contribution in [2.45, 2.75) is 52.5 Å². The summed E-state index contributed by atoms with van der Waals surface area (Å²) in [7, 11) is 0. The lowest BCUT2D eigenvalue weighted by atomic mass is 10.1. The molecule has 1 atom stereocenters. The van der Waals surface area contributed by atoms with Gasteiger partial charge in [0.2, 0.25) is 0 Å². The lowest BCUT2D eigenvalue weighted by molar-refractivity contribution is 0.303. The third kappa shape index (κ3) is 5.79. The Morgan fingerprint density at radius 1 is 1.30 bits per heavy atom. The van der Waals surface area contributed by atoms with Crippen molar-refractivity contribution in [2.24, 2.45) is 0 Å². The van der Waals surface area contributed by atoms with E-state index < -0.39 is 0 Å². The van der Waals surface area contributed by atoms with Crippen molar-refractivity contribution in [3.8, 4) is 5.75 Å².